The predicted molar refractivity (Wildman–Crippen MR) is 230 cm³/mol. The molecular formula is C43H67N5O7S. The fraction of sp³-hybridized carbons (Fsp3) is 0.512. The second-order valence-corrected chi connectivity index (χ2v) is 13.7. The number of nitrogens with zero attached hydrogens (tertiary/aromatic N) is 3. The van der Waals surface area contributed by atoms with Crippen LogP contribution in [0.15, 0.2) is 72.8 Å². The first kappa shape index (κ1) is 49.7. The third kappa shape index (κ3) is 20.6. The molecule has 0 radical (unpaired) electrons. The van der Waals surface area contributed by atoms with Crippen molar-refractivity contribution in [3.05, 3.63) is 89.5 Å². The molecule has 1 heterocycles. The summed E-state index contributed by atoms with van der Waals surface area (Å²) in [5.74, 6) is 0.412. The predicted octanol–water partition coefficient (Wildman–Crippen LogP) is 10.3. The van der Waals surface area contributed by atoms with E-state index >= 15 is 0 Å². The first-order valence-electron chi connectivity index (χ1n) is 19.7. The topological polar surface area (TPSA) is 122 Å². The Kier molecular flexibility index (Phi) is 25.8. The molecular weight excluding hydrogens is 731 g/mol. The van der Waals surface area contributed by atoms with Crippen molar-refractivity contribution in [1.29, 1.82) is 0 Å². The van der Waals surface area contributed by atoms with Crippen LogP contribution >= 0.6 is 12.8 Å². The molecule has 4 rings (SSSR count). The minimum absolute atomic E-state index is 0.122. The van der Waals surface area contributed by atoms with Gasteiger partial charge in [-0.1, -0.05) is 109 Å². The van der Waals surface area contributed by atoms with Crippen molar-refractivity contribution in [3.63, 3.8) is 0 Å². The maximum absolute atomic E-state index is 13.0. The van der Waals surface area contributed by atoms with Crippen molar-refractivity contribution in [2.45, 2.75) is 94.6 Å². The molecule has 312 valence electrons. The van der Waals surface area contributed by atoms with Crippen molar-refractivity contribution in [3.8, 4) is 0 Å². The maximum Gasteiger partial charge on any atom is 0.412 e. The summed E-state index contributed by atoms with van der Waals surface area (Å²) in [4.78, 5) is 50.8. The standard InChI is InChI=1S/C31H44N4O5.C8H11NO2S.2C2H6/c1-22(2)19-35(20-23(3)4)28-14-10-25(11-15-29(36)39-21-40-31(38)34-16-6-7-17-34)18-27(28)33-30(37)32-26-12-8-24(5)9-13-26;1-10-9(12)11-7-8-5-3-2-4-6-8;2*1-2/h8-10,12-14,18,22-23H,6-7,11,15-17,19-21H2,1-5H3,(H2,32,33,37);2-6,12H,7H2,1H3;2*1-2H3. The smallest absolute Gasteiger partial charge is 0.412 e. The first-order chi connectivity index (χ1) is 26.9. The number of esters is 1. The summed E-state index contributed by atoms with van der Waals surface area (Å²) in [6.07, 6.45) is 2.02. The zero-order chi connectivity index (χ0) is 41.9. The van der Waals surface area contributed by atoms with E-state index in [0.29, 0.717) is 49.3 Å². The molecule has 56 heavy (non-hydrogen) atoms. The van der Waals surface area contributed by atoms with Gasteiger partial charge in [-0.2, -0.15) is 0 Å². The van der Waals surface area contributed by atoms with E-state index in [0.717, 1.165) is 52.9 Å². The fourth-order valence-electron chi connectivity index (χ4n) is 5.40. The Morgan fingerprint density at radius 2 is 1.41 bits per heavy atom. The summed E-state index contributed by atoms with van der Waals surface area (Å²) in [6, 6.07) is 23.0. The number of hydrogen-bond donors (Lipinski definition) is 3. The molecule has 0 aromatic heterocycles. The van der Waals surface area contributed by atoms with Gasteiger partial charge in [-0.15, -0.1) is 0 Å². The highest BCUT2D eigenvalue weighted by atomic mass is 32.1. The molecule has 12 nitrogen and oxygen atoms in total. The van der Waals surface area contributed by atoms with Gasteiger partial charge in [0.05, 0.1) is 25.1 Å². The Balaban J connectivity index is 0.000000822. The monoisotopic (exact) mass is 797 g/mol. The average Bonchev–Trinajstić information content (AvgIpc) is 3.74. The Bertz CT molecular complexity index is 1510. The van der Waals surface area contributed by atoms with Gasteiger partial charge in [-0.25, -0.2) is 9.59 Å². The van der Waals surface area contributed by atoms with Gasteiger partial charge >= 0.3 is 18.1 Å². The van der Waals surface area contributed by atoms with Gasteiger partial charge in [0, 0.05) is 38.3 Å². The van der Waals surface area contributed by atoms with Crippen LogP contribution in [0, 0.1) is 18.8 Å². The van der Waals surface area contributed by atoms with Gasteiger partial charge in [-0.3, -0.25) is 14.5 Å². The molecule has 3 aromatic rings. The minimum atomic E-state index is -0.453. The van der Waals surface area contributed by atoms with E-state index in [1.807, 2.05) is 107 Å². The summed E-state index contributed by atoms with van der Waals surface area (Å²) >= 11 is 3.85. The molecule has 1 fully saturated rings. The van der Waals surface area contributed by atoms with Crippen LogP contribution in [0.4, 0.5) is 26.7 Å². The number of aryl methyl sites for hydroxylation is 2. The molecule has 3 amide bonds. The summed E-state index contributed by atoms with van der Waals surface area (Å²) in [7, 11) is 1.48. The Hall–Kier alpha value is -4.30. The maximum atomic E-state index is 13.0. The number of carbonyl (C=O) groups excluding carboxylic acids is 3. The van der Waals surface area contributed by atoms with Gasteiger partial charge in [0.25, 0.3) is 0 Å². The second-order valence-electron chi connectivity index (χ2n) is 13.4. The lowest BCUT2D eigenvalue weighted by Crippen LogP contribution is -2.32. The van der Waals surface area contributed by atoms with E-state index in [1.54, 1.807) is 4.90 Å². The molecule has 1 saturated heterocycles. The highest BCUT2D eigenvalue weighted by Crippen LogP contribution is 2.30. The van der Waals surface area contributed by atoms with E-state index in [4.69, 9.17) is 14.3 Å². The van der Waals surface area contributed by atoms with Crippen LogP contribution in [0.1, 0.15) is 91.3 Å². The highest BCUT2D eigenvalue weighted by Gasteiger charge is 2.20. The third-order valence-corrected chi connectivity index (χ3v) is 8.13. The van der Waals surface area contributed by atoms with Crippen LogP contribution in [0.2, 0.25) is 0 Å². The lowest BCUT2D eigenvalue weighted by molar-refractivity contribution is -0.284. The zero-order valence-corrected chi connectivity index (χ0v) is 36.2. The van der Waals surface area contributed by atoms with Gasteiger partial charge in [-0.05, 0) is 90.9 Å². The number of ether oxygens (including phenoxy) is 2. The van der Waals surface area contributed by atoms with E-state index < -0.39 is 18.9 Å². The highest BCUT2D eigenvalue weighted by molar-refractivity contribution is 7.77. The van der Waals surface area contributed by atoms with E-state index in [-0.39, 0.29) is 12.5 Å². The quantitative estimate of drug-likeness (QED) is 0.0563. The molecule has 1 aliphatic rings. The van der Waals surface area contributed by atoms with Crippen LogP contribution in [0.3, 0.4) is 0 Å². The molecule has 0 aliphatic carbocycles. The SMILES string of the molecule is CC.CC.CON(S)OCc1ccccc1.Cc1ccc(NC(=O)Nc2cc(CCC(=O)OCOC(=O)N3CCCC3)ccc2N(CC(C)C)CC(C)C)cc1. The molecule has 0 bridgehead atoms. The van der Waals surface area contributed by atoms with Gasteiger partial charge in [0.2, 0.25) is 6.79 Å². The minimum Gasteiger partial charge on any atom is -0.428 e. The van der Waals surface area contributed by atoms with E-state index in [2.05, 4.69) is 60.9 Å². The normalized spacial score (nSPS) is 11.7. The summed E-state index contributed by atoms with van der Waals surface area (Å²) < 4.78 is 11.2. The molecule has 0 saturated carbocycles. The number of carbonyl (C=O) groups is 3. The van der Waals surface area contributed by atoms with Crippen molar-refractivity contribution in [2.75, 3.05) is 55.6 Å². The molecule has 0 unspecified atom stereocenters. The summed E-state index contributed by atoms with van der Waals surface area (Å²) in [5.41, 5.74) is 5.39. The Labute approximate surface area is 341 Å². The lowest BCUT2D eigenvalue weighted by Gasteiger charge is -2.30. The number of rotatable bonds is 16. The van der Waals surface area contributed by atoms with Crippen molar-refractivity contribution >= 4 is 48.0 Å². The van der Waals surface area contributed by atoms with Crippen LogP contribution in [0.5, 0.6) is 0 Å². The van der Waals surface area contributed by atoms with Gasteiger partial charge < -0.3 is 29.9 Å². The number of anilines is 3. The largest absolute Gasteiger partial charge is 0.428 e. The molecule has 13 heteroatoms. The van der Waals surface area contributed by atoms with Crippen molar-refractivity contribution in [1.82, 2.24) is 9.53 Å². The third-order valence-electron chi connectivity index (χ3n) is 7.86. The van der Waals surface area contributed by atoms with Crippen LogP contribution in [-0.4, -0.2) is 67.7 Å². The van der Waals surface area contributed by atoms with E-state index in [1.165, 1.54) is 7.11 Å². The number of likely N-dealkylation sites (tertiary alicyclic amines) is 1. The summed E-state index contributed by atoms with van der Waals surface area (Å²) in [5, 5.41) is 5.93. The summed E-state index contributed by atoms with van der Waals surface area (Å²) in [6.45, 7) is 21.8. The number of amides is 3. The van der Waals surface area contributed by atoms with Crippen LogP contribution < -0.4 is 15.5 Å². The molecule has 0 atom stereocenters. The number of benzene rings is 3. The number of nitrogens with one attached hydrogen (secondary N) is 2. The van der Waals surface area contributed by atoms with Gasteiger partial charge in [0.15, 0.2) is 0 Å². The zero-order valence-electron chi connectivity index (χ0n) is 35.3. The molecule has 3 aromatic carbocycles. The van der Waals surface area contributed by atoms with Crippen molar-refractivity contribution in [2.24, 2.45) is 11.8 Å². The fourth-order valence-corrected chi connectivity index (χ4v) is 5.46. The molecule has 2 N–H and O–H groups in total. The Morgan fingerprint density at radius 1 is 0.804 bits per heavy atom. The van der Waals surface area contributed by atoms with Crippen LogP contribution in [-0.2, 0) is 37.0 Å². The van der Waals surface area contributed by atoms with Gasteiger partial charge in [0.1, 0.15) is 0 Å². The number of hydrogen-bond acceptors (Lipinski definition) is 10. The van der Waals surface area contributed by atoms with Crippen molar-refractivity contribution < 1.29 is 33.5 Å². The second kappa shape index (κ2) is 29.0. The average molecular weight is 798 g/mol. The Morgan fingerprint density at radius 3 is 1.98 bits per heavy atom. The number of thiol groups is 1. The van der Waals surface area contributed by atoms with Crippen LogP contribution in [0.25, 0.3) is 0 Å². The first-order valence-corrected chi connectivity index (χ1v) is 20.1. The lowest BCUT2D eigenvalue weighted by atomic mass is 10.1. The molecule has 1 aliphatic heterocycles. The molecule has 0 spiro atoms. The number of urea groups is 1. The van der Waals surface area contributed by atoms with E-state index in [9.17, 15) is 14.4 Å².